The van der Waals surface area contributed by atoms with Gasteiger partial charge in [0.05, 0.1) is 10.9 Å². The fourth-order valence-corrected chi connectivity index (χ4v) is 3.06. The molecule has 0 spiro atoms. The van der Waals surface area contributed by atoms with E-state index in [1.54, 1.807) is 56.3 Å². The zero-order valence-corrected chi connectivity index (χ0v) is 17.4. The molecule has 0 aliphatic carbocycles. The van der Waals surface area contributed by atoms with Gasteiger partial charge in [-0.3, -0.25) is 29.8 Å². The van der Waals surface area contributed by atoms with Crippen LogP contribution in [0.15, 0.2) is 57.8 Å². The second-order valence-corrected chi connectivity index (χ2v) is 7.24. The number of hydrogen-bond acceptors (Lipinski definition) is 5. The molecule has 0 fully saturated rings. The van der Waals surface area contributed by atoms with Gasteiger partial charge in [-0.2, -0.15) is 0 Å². The molecule has 0 saturated heterocycles. The maximum Gasteiger partial charge on any atom is 0.279 e. The molecule has 2 aromatic carbocycles. The molecule has 1 atom stereocenters. The number of nitrogens with zero attached hydrogens (tertiary/aromatic N) is 2. The lowest BCUT2D eigenvalue weighted by atomic mass is 10.2. The number of para-hydroxylation sites is 1. The van der Waals surface area contributed by atoms with E-state index in [9.17, 15) is 14.4 Å². The summed E-state index contributed by atoms with van der Waals surface area (Å²) in [5.74, 6) is -0.173. The molecule has 9 heteroatoms. The van der Waals surface area contributed by atoms with Crippen LogP contribution < -0.4 is 21.1 Å². The monoisotopic (exact) mass is 458 g/mol. The number of nitrogens with one attached hydrogen (secondary N) is 2. The Morgan fingerprint density at radius 2 is 1.93 bits per heavy atom. The zero-order chi connectivity index (χ0) is 21.0. The van der Waals surface area contributed by atoms with Crippen LogP contribution in [-0.2, 0) is 16.1 Å². The molecule has 2 amide bonds. The van der Waals surface area contributed by atoms with Crippen LogP contribution in [0.1, 0.15) is 12.7 Å². The lowest BCUT2D eigenvalue weighted by Crippen LogP contribution is -2.48. The summed E-state index contributed by atoms with van der Waals surface area (Å²) >= 11 is 3.33. The lowest BCUT2D eigenvalue weighted by molar-refractivity contribution is -0.133. The summed E-state index contributed by atoms with van der Waals surface area (Å²) in [5.41, 5.74) is 4.85. The van der Waals surface area contributed by atoms with Crippen molar-refractivity contribution in [2.24, 2.45) is 0 Å². The maximum atomic E-state index is 12.6. The molecule has 150 valence electrons. The molecule has 29 heavy (non-hydrogen) atoms. The Morgan fingerprint density at radius 3 is 2.69 bits per heavy atom. The van der Waals surface area contributed by atoms with Crippen molar-refractivity contribution in [1.29, 1.82) is 0 Å². The number of halogens is 1. The predicted octanol–water partition coefficient (Wildman–Crippen LogP) is 2.08. The third-order valence-corrected chi connectivity index (χ3v) is 4.65. The van der Waals surface area contributed by atoms with Crippen LogP contribution in [-0.4, -0.2) is 27.5 Å². The number of hydrazine groups is 1. The second kappa shape index (κ2) is 8.87. The van der Waals surface area contributed by atoms with Gasteiger partial charge in [0.2, 0.25) is 0 Å². The lowest BCUT2D eigenvalue weighted by Gasteiger charge is -2.16. The molecule has 3 aromatic rings. The molecule has 3 rings (SSSR count). The van der Waals surface area contributed by atoms with Crippen molar-refractivity contribution in [3.05, 3.63) is 69.2 Å². The maximum absolute atomic E-state index is 12.6. The summed E-state index contributed by atoms with van der Waals surface area (Å²) in [6.45, 7) is 2.93. The summed E-state index contributed by atoms with van der Waals surface area (Å²) in [7, 11) is 0. The van der Waals surface area contributed by atoms with Crippen LogP contribution >= 0.6 is 15.9 Å². The Balaban J connectivity index is 1.60. The average Bonchev–Trinajstić information content (AvgIpc) is 2.69. The summed E-state index contributed by atoms with van der Waals surface area (Å²) in [6, 6.07) is 14.0. The molecule has 0 aliphatic heterocycles. The predicted molar refractivity (Wildman–Crippen MR) is 111 cm³/mol. The van der Waals surface area contributed by atoms with E-state index in [-0.39, 0.29) is 12.1 Å². The first-order valence-electron chi connectivity index (χ1n) is 8.82. The van der Waals surface area contributed by atoms with Gasteiger partial charge in [-0.15, -0.1) is 0 Å². The Kier molecular flexibility index (Phi) is 6.28. The van der Waals surface area contributed by atoms with Crippen LogP contribution in [0.4, 0.5) is 0 Å². The number of ether oxygens (including phenoxy) is 1. The Bertz CT molecular complexity index is 1130. The van der Waals surface area contributed by atoms with Gasteiger partial charge in [0, 0.05) is 4.47 Å². The van der Waals surface area contributed by atoms with E-state index in [0.29, 0.717) is 22.5 Å². The quantitative estimate of drug-likeness (QED) is 0.569. The number of fused-ring (bicyclic) bond motifs is 1. The summed E-state index contributed by atoms with van der Waals surface area (Å²) in [5, 5.41) is 0.422. The van der Waals surface area contributed by atoms with E-state index in [1.165, 1.54) is 4.57 Å². The number of rotatable bonds is 5. The molecule has 1 aromatic heterocycles. The van der Waals surface area contributed by atoms with Gasteiger partial charge in [0.1, 0.15) is 18.1 Å². The van der Waals surface area contributed by atoms with Gasteiger partial charge in [-0.25, -0.2) is 4.98 Å². The van der Waals surface area contributed by atoms with E-state index in [4.69, 9.17) is 4.74 Å². The highest BCUT2D eigenvalue weighted by molar-refractivity contribution is 9.10. The standard InChI is InChI=1S/C20H19BrN4O4/c1-12(29-15-7-5-6-14(21)10-15)19(27)24-23-18(26)11-25-13(2)22-17-9-4-3-8-16(17)20(25)28/h3-10,12H,11H2,1-2H3,(H,23,26)(H,24,27). The van der Waals surface area contributed by atoms with E-state index in [1.807, 2.05) is 6.07 Å². The van der Waals surface area contributed by atoms with E-state index >= 15 is 0 Å². The minimum Gasteiger partial charge on any atom is -0.481 e. The van der Waals surface area contributed by atoms with Crippen molar-refractivity contribution < 1.29 is 14.3 Å². The molecule has 0 radical (unpaired) electrons. The average molecular weight is 459 g/mol. The molecular weight excluding hydrogens is 440 g/mol. The molecule has 2 N–H and O–H groups in total. The van der Waals surface area contributed by atoms with E-state index in [2.05, 4.69) is 31.8 Å². The first-order valence-corrected chi connectivity index (χ1v) is 9.61. The third-order valence-electron chi connectivity index (χ3n) is 4.16. The van der Waals surface area contributed by atoms with Crippen LogP contribution in [0.25, 0.3) is 10.9 Å². The topological polar surface area (TPSA) is 102 Å². The third kappa shape index (κ3) is 5.00. The normalized spacial score (nSPS) is 11.7. The van der Waals surface area contributed by atoms with Crippen molar-refractivity contribution in [2.75, 3.05) is 0 Å². The van der Waals surface area contributed by atoms with Gasteiger partial charge < -0.3 is 4.74 Å². The Labute approximate surface area is 175 Å². The van der Waals surface area contributed by atoms with Crippen molar-refractivity contribution >= 4 is 38.6 Å². The van der Waals surface area contributed by atoms with Crippen molar-refractivity contribution in [2.45, 2.75) is 26.5 Å². The van der Waals surface area contributed by atoms with Crippen molar-refractivity contribution in [1.82, 2.24) is 20.4 Å². The minimum atomic E-state index is -0.837. The fraction of sp³-hybridized carbons (Fsp3) is 0.200. The highest BCUT2D eigenvalue weighted by Gasteiger charge is 2.17. The van der Waals surface area contributed by atoms with E-state index < -0.39 is 17.9 Å². The van der Waals surface area contributed by atoms with Gasteiger partial charge in [0.25, 0.3) is 17.4 Å². The molecule has 0 aliphatic rings. The van der Waals surface area contributed by atoms with Gasteiger partial charge in [-0.1, -0.05) is 34.1 Å². The Hall–Kier alpha value is -3.20. The summed E-state index contributed by atoms with van der Waals surface area (Å²) in [4.78, 5) is 41.3. The van der Waals surface area contributed by atoms with Crippen molar-refractivity contribution in [3.63, 3.8) is 0 Å². The molecule has 8 nitrogen and oxygen atoms in total. The number of hydrogen-bond donors (Lipinski definition) is 2. The molecular formula is C20H19BrN4O4. The fourth-order valence-electron chi connectivity index (χ4n) is 2.68. The number of aromatic nitrogens is 2. The number of amides is 2. The highest BCUT2D eigenvalue weighted by atomic mass is 79.9. The van der Waals surface area contributed by atoms with Crippen molar-refractivity contribution in [3.8, 4) is 5.75 Å². The number of carbonyl (C=O) groups excluding carboxylic acids is 2. The van der Waals surface area contributed by atoms with Crippen LogP contribution in [0.5, 0.6) is 5.75 Å². The number of carbonyl (C=O) groups is 2. The molecule has 0 bridgehead atoms. The first-order chi connectivity index (χ1) is 13.8. The number of benzene rings is 2. The first kappa shape index (κ1) is 20.5. The minimum absolute atomic E-state index is 0.274. The van der Waals surface area contributed by atoms with Gasteiger partial charge in [0.15, 0.2) is 6.10 Å². The van der Waals surface area contributed by atoms with Crippen LogP contribution in [0.2, 0.25) is 0 Å². The molecule has 0 saturated carbocycles. The van der Waals surface area contributed by atoms with E-state index in [0.717, 1.165) is 4.47 Å². The number of aryl methyl sites for hydroxylation is 1. The SMILES string of the molecule is Cc1nc2ccccc2c(=O)n1CC(=O)NNC(=O)C(C)Oc1cccc(Br)c1. The molecule has 1 unspecified atom stereocenters. The zero-order valence-electron chi connectivity index (χ0n) is 15.8. The van der Waals surface area contributed by atoms with Crippen LogP contribution in [0.3, 0.4) is 0 Å². The highest BCUT2D eigenvalue weighted by Crippen LogP contribution is 2.18. The largest absolute Gasteiger partial charge is 0.481 e. The summed E-state index contributed by atoms with van der Waals surface area (Å²) < 4.78 is 7.61. The van der Waals surface area contributed by atoms with Gasteiger partial charge >= 0.3 is 0 Å². The van der Waals surface area contributed by atoms with Gasteiger partial charge in [-0.05, 0) is 44.2 Å². The Morgan fingerprint density at radius 1 is 1.17 bits per heavy atom. The van der Waals surface area contributed by atoms with Crippen LogP contribution in [0, 0.1) is 6.92 Å². The smallest absolute Gasteiger partial charge is 0.279 e. The summed E-state index contributed by atoms with van der Waals surface area (Å²) in [6.07, 6.45) is -0.837. The molecule has 1 heterocycles. The second-order valence-electron chi connectivity index (χ2n) is 6.32.